The Balaban J connectivity index is 2.21. The summed E-state index contributed by atoms with van der Waals surface area (Å²) < 4.78 is 27.7. The molecule has 0 saturated heterocycles. The van der Waals surface area contributed by atoms with Gasteiger partial charge in [0.05, 0.1) is 19.3 Å². The Labute approximate surface area is 178 Å². The molecule has 0 fully saturated rings. The largest absolute Gasteiger partial charge is 0.604 e. The number of benzene rings is 2. The summed E-state index contributed by atoms with van der Waals surface area (Å²) in [6, 6.07) is 13.8. The fourth-order valence-electron chi connectivity index (χ4n) is 1.72. The molecule has 0 N–H and O–H groups in total. The van der Waals surface area contributed by atoms with E-state index in [4.69, 9.17) is 20.9 Å². The van der Waals surface area contributed by atoms with Crippen molar-refractivity contribution in [1.82, 2.24) is 0 Å². The Morgan fingerprint density at radius 2 is 1.25 bits per heavy atom. The summed E-state index contributed by atoms with van der Waals surface area (Å²) >= 11 is 18.9. The number of rotatable bonds is 7. The number of phosphoric acid groups is 1. The molecule has 0 radical (unpaired) electrons. The molecule has 0 aliphatic rings. The zero-order valence-corrected chi connectivity index (χ0v) is 19.7. The second kappa shape index (κ2) is 9.40. The third-order valence-electron chi connectivity index (χ3n) is 2.74. The minimum Gasteiger partial charge on any atom is -0.394 e. The molecule has 4 nitrogen and oxygen atoms in total. The maximum atomic E-state index is 12.6. The molecule has 0 aliphatic carbocycles. The maximum Gasteiger partial charge on any atom is 0.604 e. The van der Waals surface area contributed by atoms with Crippen molar-refractivity contribution in [3.8, 4) is 11.5 Å². The van der Waals surface area contributed by atoms with Crippen molar-refractivity contribution in [3.05, 3.63) is 59.7 Å². The average Bonchev–Trinajstić information content (AvgIpc) is 2.55. The molecule has 0 saturated carbocycles. The van der Waals surface area contributed by atoms with E-state index >= 15 is 0 Å². The van der Waals surface area contributed by atoms with Crippen LogP contribution in [0.3, 0.4) is 0 Å². The van der Waals surface area contributed by atoms with Crippen molar-refractivity contribution in [2.45, 2.75) is 7.47 Å². The highest BCUT2D eigenvalue weighted by molar-refractivity contribution is 9.24. The van der Waals surface area contributed by atoms with Gasteiger partial charge in [-0.2, -0.15) is 4.08 Å². The number of hydrogen-bond acceptors (Lipinski definition) is 4. The lowest BCUT2D eigenvalue weighted by atomic mass is 10.2. The summed E-state index contributed by atoms with van der Waals surface area (Å²) in [5, 5.41) is 0. The van der Waals surface area contributed by atoms with Gasteiger partial charge in [-0.15, -0.1) is 0 Å². The molecule has 0 spiro atoms. The standard InChI is InChI=1S/C14H10Br4ClO4P/c15-13(16)9-3-1-5-11(7-9)21-24(20,23-19)22-12-6-2-4-10(8-12)14(17)18/h1-8,13-14H. The Morgan fingerprint density at radius 1 is 0.833 bits per heavy atom. The average molecular weight is 628 g/mol. The smallest absolute Gasteiger partial charge is 0.394 e. The third-order valence-corrected chi connectivity index (χ3v) is 6.40. The molecule has 10 heteroatoms. The molecule has 0 unspecified atom stereocenters. The van der Waals surface area contributed by atoms with Crippen LogP contribution < -0.4 is 9.05 Å². The molecule has 0 atom stereocenters. The van der Waals surface area contributed by atoms with Gasteiger partial charge in [-0.1, -0.05) is 88.0 Å². The molecule has 0 heterocycles. The Hall–Kier alpha value is 0.440. The van der Waals surface area contributed by atoms with Gasteiger partial charge in [-0.25, -0.2) is 4.57 Å². The minimum atomic E-state index is -4.04. The summed E-state index contributed by atoms with van der Waals surface area (Å²) in [5.41, 5.74) is 1.74. The lowest BCUT2D eigenvalue weighted by Gasteiger charge is -2.17. The molecule has 0 bridgehead atoms. The van der Waals surface area contributed by atoms with Gasteiger partial charge < -0.3 is 9.05 Å². The summed E-state index contributed by atoms with van der Waals surface area (Å²) in [5.74, 6) is 0.603. The predicted molar refractivity (Wildman–Crippen MR) is 110 cm³/mol. The van der Waals surface area contributed by atoms with Crippen molar-refractivity contribution in [2.24, 2.45) is 0 Å². The van der Waals surface area contributed by atoms with Crippen molar-refractivity contribution in [3.63, 3.8) is 0 Å². The molecule has 2 rings (SSSR count). The highest BCUT2D eigenvalue weighted by atomic mass is 79.9. The first-order valence-corrected chi connectivity index (χ1v) is 11.8. The number of halogens is 5. The van der Waals surface area contributed by atoms with Gasteiger partial charge >= 0.3 is 7.82 Å². The summed E-state index contributed by atoms with van der Waals surface area (Å²) in [6.45, 7) is 0. The Bertz CT molecular complexity index is 687. The van der Waals surface area contributed by atoms with E-state index in [1.807, 2.05) is 12.1 Å². The lowest BCUT2D eigenvalue weighted by molar-refractivity contribution is 0.308. The van der Waals surface area contributed by atoms with E-state index in [0.717, 1.165) is 11.1 Å². The van der Waals surface area contributed by atoms with Crippen LogP contribution in [0.1, 0.15) is 18.6 Å². The van der Waals surface area contributed by atoms with Crippen LogP contribution in [0.4, 0.5) is 0 Å². The lowest BCUT2D eigenvalue weighted by Crippen LogP contribution is -2.01. The first-order valence-electron chi connectivity index (χ1n) is 6.39. The second-order valence-electron chi connectivity index (χ2n) is 4.45. The molecule has 24 heavy (non-hydrogen) atoms. The fraction of sp³-hybridized carbons (Fsp3) is 0.143. The zero-order chi connectivity index (χ0) is 17.7. The van der Waals surface area contributed by atoms with Crippen LogP contribution in [0.5, 0.6) is 11.5 Å². The van der Waals surface area contributed by atoms with E-state index in [1.165, 1.54) is 0 Å². The number of hydrogen-bond donors (Lipinski definition) is 0. The third kappa shape index (κ3) is 6.01. The van der Waals surface area contributed by atoms with Crippen LogP contribution in [0.25, 0.3) is 0 Å². The molecule has 130 valence electrons. The van der Waals surface area contributed by atoms with Crippen LogP contribution in [0.15, 0.2) is 48.5 Å². The van der Waals surface area contributed by atoms with E-state index in [9.17, 15) is 4.57 Å². The SMILES string of the molecule is O=P(OCl)(Oc1cccc(C(Br)Br)c1)Oc1cccc(C(Br)Br)c1. The van der Waals surface area contributed by atoms with Crippen LogP contribution in [0.2, 0.25) is 0 Å². The van der Waals surface area contributed by atoms with Gasteiger partial charge in [0, 0.05) is 0 Å². The molecule has 0 aliphatic heterocycles. The second-order valence-corrected chi connectivity index (χ2v) is 12.4. The summed E-state index contributed by atoms with van der Waals surface area (Å²) in [7, 11) is -4.04. The normalized spacial score (nSPS) is 11.8. The molecular weight excluding hydrogens is 618 g/mol. The molecule has 0 amide bonds. The first kappa shape index (κ1) is 20.7. The van der Waals surface area contributed by atoms with Crippen molar-refractivity contribution >= 4 is 83.4 Å². The van der Waals surface area contributed by atoms with Crippen LogP contribution in [-0.4, -0.2) is 0 Å². The van der Waals surface area contributed by atoms with Crippen LogP contribution in [0, 0.1) is 0 Å². The van der Waals surface area contributed by atoms with E-state index in [1.54, 1.807) is 36.4 Å². The number of phosphoric ester groups is 1. The van der Waals surface area contributed by atoms with Gasteiger partial charge in [0.2, 0.25) is 0 Å². The minimum absolute atomic E-state index is 0.0720. The van der Waals surface area contributed by atoms with E-state index in [-0.39, 0.29) is 7.47 Å². The highest BCUT2D eigenvalue weighted by Crippen LogP contribution is 2.51. The van der Waals surface area contributed by atoms with Gasteiger partial charge in [0.25, 0.3) is 0 Å². The van der Waals surface area contributed by atoms with Crippen molar-refractivity contribution in [1.29, 1.82) is 0 Å². The molecule has 2 aromatic rings. The Morgan fingerprint density at radius 3 is 1.58 bits per heavy atom. The van der Waals surface area contributed by atoms with Gasteiger partial charge in [-0.05, 0) is 35.4 Å². The molecule has 0 aromatic heterocycles. The first-order chi connectivity index (χ1) is 11.3. The Kier molecular flexibility index (Phi) is 8.12. The van der Waals surface area contributed by atoms with Crippen LogP contribution in [-0.2, 0) is 8.64 Å². The van der Waals surface area contributed by atoms with E-state index < -0.39 is 7.82 Å². The summed E-state index contributed by atoms with van der Waals surface area (Å²) in [6.07, 6.45) is 0. The monoisotopic (exact) mass is 624 g/mol. The topological polar surface area (TPSA) is 44.8 Å². The van der Waals surface area contributed by atoms with Crippen LogP contribution >= 0.6 is 83.4 Å². The highest BCUT2D eigenvalue weighted by Gasteiger charge is 2.31. The quantitative estimate of drug-likeness (QED) is 0.230. The van der Waals surface area contributed by atoms with Crippen molar-refractivity contribution < 1.29 is 17.7 Å². The predicted octanol–water partition coefficient (Wildman–Crippen LogP) is 8.00. The molecule has 2 aromatic carbocycles. The van der Waals surface area contributed by atoms with Gasteiger partial charge in [0.1, 0.15) is 11.5 Å². The van der Waals surface area contributed by atoms with E-state index in [2.05, 4.69) is 67.8 Å². The molecular formula is C14H10Br4ClO4P. The summed E-state index contributed by atoms with van der Waals surface area (Å²) in [4.78, 5) is 0. The number of alkyl halides is 4. The maximum absolute atomic E-state index is 12.6. The fourth-order valence-corrected chi connectivity index (χ4v) is 3.86. The van der Waals surface area contributed by atoms with Crippen molar-refractivity contribution in [2.75, 3.05) is 0 Å². The van der Waals surface area contributed by atoms with Gasteiger partial charge in [0.15, 0.2) is 0 Å². The zero-order valence-electron chi connectivity index (χ0n) is 11.7. The van der Waals surface area contributed by atoms with E-state index in [0.29, 0.717) is 11.5 Å². The van der Waals surface area contributed by atoms with Gasteiger partial charge in [-0.3, -0.25) is 0 Å².